The largest absolute Gasteiger partial charge is 0.444 e. The van der Waals surface area contributed by atoms with Crippen LogP contribution in [0, 0.1) is 0 Å². The van der Waals surface area contributed by atoms with Crippen LogP contribution in [0.5, 0.6) is 0 Å². The minimum absolute atomic E-state index is 0.432. The van der Waals surface area contributed by atoms with Gasteiger partial charge in [0.2, 0.25) is 0 Å². The zero-order valence-electron chi connectivity index (χ0n) is 18.3. The number of aryl methyl sites for hydroxylation is 1. The van der Waals surface area contributed by atoms with Crippen molar-refractivity contribution in [3.63, 3.8) is 0 Å². The number of fused-ring (bicyclic) bond motifs is 1. The highest BCUT2D eigenvalue weighted by Gasteiger charge is 2.24. The summed E-state index contributed by atoms with van der Waals surface area (Å²) in [4.78, 5) is 24.1. The van der Waals surface area contributed by atoms with Gasteiger partial charge in [-0.2, -0.15) is 0 Å². The third kappa shape index (κ3) is 8.01. The maximum atomic E-state index is 12.0. The Hall–Kier alpha value is -2.77. The molecule has 0 spiro atoms. The van der Waals surface area contributed by atoms with Crippen LogP contribution in [-0.2, 0) is 11.2 Å². The van der Waals surface area contributed by atoms with Gasteiger partial charge in [0, 0.05) is 26.6 Å². The van der Waals surface area contributed by atoms with Crippen LogP contribution in [0.1, 0.15) is 46.9 Å². The minimum Gasteiger partial charge on any atom is -0.444 e. The minimum atomic E-state index is -0.523. The van der Waals surface area contributed by atoms with E-state index in [1.807, 2.05) is 58.9 Å². The number of para-hydroxylation sites is 2. The number of amides is 1. The van der Waals surface area contributed by atoms with Gasteiger partial charge in [-0.3, -0.25) is 4.99 Å². The lowest BCUT2D eigenvalue weighted by Crippen LogP contribution is -2.54. The van der Waals surface area contributed by atoms with Crippen molar-refractivity contribution >= 4 is 23.1 Å². The molecule has 0 saturated heterocycles. The third-order valence-electron chi connectivity index (χ3n) is 4.08. The van der Waals surface area contributed by atoms with E-state index in [-0.39, 0.29) is 0 Å². The molecule has 2 rings (SSSR count). The normalized spacial score (nSPS) is 12.7. The first kappa shape index (κ1) is 22.5. The number of carbonyl (C=O) groups excluding carboxylic acids is 1. The Morgan fingerprint density at radius 3 is 2.55 bits per heavy atom. The molecule has 0 radical (unpaired) electrons. The summed E-state index contributed by atoms with van der Waals surface area (Å²) in [6.45, 7) is 10.7. The van der Waals surface area contributed by atoms with Gasteiger partial charge in [-0.05, 0) is 53.2 Å². The van der Waals surface area contributed by atoms with E-state index >= 15 is 0 Å². The molecule has 4 N–H and O–H groups in total. The molecule has 8 heteroatoms. The first-order valence-corrected chi connectivity index (χ1v) is 9.97. The number of imidazole rings is 1. The molecule has 2 aromatic rings. The van der Waals surface area contributed by atoms with Crippen LogP contribution in [0.3, 0.4) is 0 Å². The van der Waals surface area contributed by atoms with Crippen molar-refractivity contribution in [3.05, 3.63) is 30.1 Å². The van der Waals surface area contributed by atoms with Crippen LogP contribution in [-0.4, -0.2) is 53.3 Å². The summed E-state index contributed by atoms with van der Waals surface area (Å²) in [6, 6.07) is 8.03. The fourth-order valence-corrected chi connectivity index (χ4v) is 2.74. The van der Waals surface area contributed by atoms with E-state index in [0.29, 0.717) is 12.5 Å². The molecule has 1 heterocycles. The molecule has 0 saturated carbocycles. The maximum Gasteiger partial charge on any atom is 0.408 e. The molecule has 0 bridgehead atoms. The van der Waals surface area contributed by atoms with Crippen LogP contribution in [0.4, 0.5) is 4.79 Å². The van der Waals surface area contributed by atoms with E-state index in [1.54, 1.807) is 7.05 Å². The number of hydrogen-bond donors (Lipinski definition) is 4. The second-order valence-electron chi connectivity index (χ2n) is 8.67. The Balaban J connectivity index is 1.72. The Morgan fingerprint density at radius 1 is 1.17 bits per heavy atom. The van der Waals surface area contributed by atoms with E-state index < -0.39 is 17.2 Å². The fourth-order valence-electron chi connectivity index (χ4n) is 2.74. The van der Waals surface area contributed by atoms with Crippen molar-refractivity contribution in [1.82, 2.24) is 25.9 Å². The van der Waals surface area contributed by atoms with Gasteiger partial charge in [-0.1, -0.05) is 12.1 Å². The number of rotatable bonds is 7. The number of aromatic nitrogens is 2. The zero-order valence-corrected chi connectivity index (χ0v) is 18.3. The molecule has 1 aromatic carbocycles. The lowest BCUT2D eigenvalue weighted by Gasteiger charge is -2.29. The summed E-state index contributed by atoms with van der Waals surface area (Å²) in [7, 11) is 1.73. The molecule has 0 atom stereocenters. The molecule has 0 unspecified atom stereocenters. The van der Waals surface area contributed by atoms with Gasteiger partial charge in [0.1, 0.15) is 11.4 Å². The van der Waals surface area contributed by atoms with Gasteiger partial charge in [0.15, 0.2) is 5.96 Å². The number of aromatic amines is 1. The molecule has 8 nitrogen and oxygen atoms in total. The number of alkyl carbamates (subject to hydrolysis) is 1. The number of H-pyrrole nitrogens is 1. The summed E-state index contributed by atoms with van der Waals surface area (Å²) in [6.07, 6.45) is 1.34. The van der Waals surface area contributed by atoms with E-state index in [4.69, 9.17) is 4.74 Å². The van der Waals surface area contributed by atoms with E-state index in [2.05, 4.69) is 30.9 Å². The molecule has 0 aliphatic carbocycles. The van der Waals surface area contributed by atoms with Crippen LogP contribution < -0.4 is 16.0 Å². The lowest BCUT2D eigenvalue weighted by molar-refractivity contribution is 0.0474. The van der Waals surface area contributed by atoms with Crippen molar-refractivity contribution in [2.24, 2.45) is 4.99 Å². The summed E-state index contributed by atoms with van der Waals surface area (Å²) in [5, 5.41) is 9.41. The SMILES string of the molecule is CN=C(NCCCc1nc2ccccc2[nH]1)NCC(C)(C)NC(=O)OC(C)(C)C. The zero-order chi connectivity index (χ0) is 21.5. The summed E-state index contributed by atoms with van der Waals surface area (Å²) < 4.78 is 5.32. The van der Waals surface area contributed by atoms with E-state index in [1.165, 1.54) is 0 Å². The van der Waals surface area contributed by atoms with Crippen molar-refractivity contribution in [1.29, 1.82) is 0 Å². The summed E-state index contributed by atoms with van der Waals surface area (Å²) >= 11 is 0. The highest BCUT2D eigenvalue weighted by Crippen LogP contribution is 2.11. The molecule has 1 aromatic heterocycles. The predicted octanol–water partition coefficient (Wildman–Crippen LogP) is 2.96. The average molecular weight is 403 g/mol. The van der Waals surface area contributed by atoms with Gasteiger partial charge in [-0.25, -0.2) is 9.78 Å². The number of benzene rings is 1. The monoisotopic (exact) mass is 402 g/mol. The molecule has 0 aliphatic heterocycles. The number of nitrogens with one attached hydrogen (secondary N) is 4. The molecule has 160 valence electrons. The van der Waals surface area contributed by atoms with Crippen molar-refractivity contribution in [3.8, 4) is 0 Å². The van der Waals surface area contributed by atoms with E-state index in [0.717, 1.165) is 36.2 Å². The van der Waals surface area contributed by atoms with Crippen LogP contribution in [0.25, 0.3) is 11.0 Å². The second-order valence-corrected chi connectivity index (χ2v) is 8.67. The smallest absolute Gasteiger partial charge is 0.408 e. The molecule has 1 amide bonds. The lowest BCUT2D eigenvalue weighted by atomic mass is 10.1. The van der Waals surface area contributed by atoms with Crippen molar-refractivity contribution in [2.45, 2.75) is 58.6 Å². The second kappa shape index (κ2) is 9.62. The molecule has 29 heavy (non-hydrogen) atoms. The van der Waals surface area contributed by atoms with Crippen LogP contribution in [0.2, 0.25) is 0 Å². The highest BCUT2D eigenvalue weighted by molar-refractivity contribution is 5.79. The number of guanidine groups is 1. The number of carbonyl (C=O) groups is 1. The predicted molar refractivity (Wildman–Crippen MR) is 117 cm³/mol. The topological polar surface area (TPSA) is 103 Å². The van der Waals surface area contributed by atoms with Gasteiger partial charge >= 0.3 is 6.09 Å². The average Bonchev–Trinajstić information content (AvgIpc) is 3.01. The van der Waals surface area contributed by atoms with Crippen LogP contribution in [0.15, 0.2) is 29.3 Å². The van der Waals surface area contributed by atoms with Gasteiger partial charge in [-0.15, -0.1) is 0 Å². The third-order valence-corrected chi connectivity index (χ3v) is 4.08. The number of nitrogens with zero attached hydrogens (tertiary/aromatic N) is 2. The Kier molecular flexibility index (Phi) is 7.47. The number of ether oxygens (including phenoxy) is 1. The molecular formula is C21H34N6O2. The van der Waals surface area contributed by atoms with Crippen molar-refractivity contribution in [2.75, 3.05) is 20.1 Å². The van der Waals surface area contributed by atoms with Crippen molar-refractivity contribution < 1.29 is 9.53 Å². The first-order chi connectivity index (χ1) is 13.6. The maximum absolute atomic E-state index is 12.0. The number of hydrogen-bond acceptors (Lipinski definition) is 4. The van der Waals surface area contributed by atoms with Crippen LogP contribution >= 0.6 is 0 Å². The van der Waals surface area contributed by atoms with E-state index in [9.17, 15) is 4.79 Å². The highest BCUT2D eigenvalue weighted by atomic mass is 16.6. The summed E-state index contributed by atoms with van der Waals surface area (Å²) in [5.41, 5.74) is 1.04. The Labute approximate surface area is 172 Å². The van der Waals surface area contributed by atoms with Gasteiger partial charge in [0.05, 0.1) is 16.6 Å². The standard InChI is InChI=1S/C21H34N6O2/c1-20(2,3)29-19(28)27-21(4,5)14-24-18(22-6)23-13-9-12-17-25-15-10-7-8-11-16(15)26-17/h7-8,10-11H,9,12-14H2,1-6H3,(H,25,26)(H,27,28)(H2,22,23,24). The Bertz CT molecular complexity index is 802. The van der Waals surface area contributed by atoms with Gasteiger partial charge in [0.25, 0.3) is 0 Å². The summed E-state index contributed by atoms with van der Waals surface area (Å²) in [5.74, 6) is 1.67. The fraction of sp³-hybridized carbons (Fsp3) is 0.571. The molecular weight excluding hydrogens is 368 g/mol. The molecule has 0 fully saturated rings. The molecule has 0 aliphatic rings. The van der Waals surface area contributed by atoms with Gasteiger partial charge < -0.3 is 25.7 Å². The number of aliphatic imine (C=N–C) groups is 1. The first-order valence-electron chi connectivity index (χ1n) is 9.97. The quantitative estimate of drug-likeness (QED) is 0.324. The Morgan fingerprint density at radius 2 is 1.90 bits per heavy atom.